The summed E-state index contributed by atoms with van der Waals surface area (Å²) in [6, 6.07) is 5.80. The number of anilines is 1. The lowest BCUT2D eigenvalue weighted by atomic mass is 10.1. The molecule has 0 atom stereocenters. The van der Waals surface area contributed by atoms with Gasteiger partial charge in [-0.2, -0.15) is 0 Å². The van der Waals surface area contributed by atoms with Crippen LogP contribution < -0.4 is 9.64 Å². The van der Waals surface area contributed by atoms with Gasteiger partial charge in [0.15, 0.2) is 0 Å². The molecular formula is C15H19NO2Si. The highest BCUT2D eigenvalue weighted by Crippen LogP contribution is 2.32. The number of amides is 1. The molecule has 1 heterocycles. The zero-order valence-corrected chi connectivity index (χ0v) is 12.9. The zero-order chi connectivity index (χ0) is 14.0. The van der Waals surface area contributed by atoms with E-state index in [-0.39, 0.29) is 5.91 Å². The van der Waals surface area contributed by atoms with Crippen LogP contribution in [0.25, 0.3) is 0 Å². The third-order valence-corrected chi connectivity index (χ3v) is 3.66. The van der Waals surface area contributed by atoms with Crippen molar-refractivity contribution in [3.63, 3.8) is 0 Å². The molecule has 0 aliphatic carbocycles. The molecule has 0 aromatic heterocycles. The second-order valence-corrected chi connectivity index (χ2v) is 10.5. The van der Waals surface area contributed by atoms with Crippen molar-refractivity contribution < 1.29 is 9.53 Å². The number of carbonyl (C=O) groups excluding carboxylic acids is 1. The average molecular weight is 273 g/mol. The Labute approximate surface area is 115 Å². The quantitative estimate of drug-likeness (QED) is 0.537. The van der Waals surface area contributed by atoms with Crippen molar-refractivity contribution in [3.8, 4) is 17.2 Å². The van der Waals surface area contributed by atoms with Crippen molar-refractivity contribution in [2.75, 3.05) is 18.1 Å². The summed E-state index contributed by atoms with van der Waals surface area (Å²) in [5, 5.41) is 0. The molecular weight excluding hydrogens is 254 g/mol. The maximum Gasteiger partial charge on any atom is 0.224 e. The van der Waals surface area contributed by atoms with Gasteiger partial charge in [-0.25, -0.2) is 0 Å². The fraction of sp³-hybridized carbons (Fsp3) is 0.400. The third kappa shape index (κ3) is 3.39. The Morgan fingerprint density at radius 2 is 2.11 bits per heavy atom. The van der Waals surface area contributed by atoms with Crippen molar-refractivity contribution in [1.82, 2.24) is 0 Å². The van der Waals surface area contributed by atoms with Crippen LogP contribution in [0.15, 0.2) is 18.2 Å². The Balaban J connectivity index is 2.38. The standard InChI is InChI=1S/C15H19NO2Si/c1-12(17)16-8-9-18-15-6-5-13(11-14(15)16)7-10-19(2,3)4/h5-6,11H,8-9H2,1-4H3. The maximum absolute atomic E-state index is 11.6. The minimum Gasteiger partial charge on any atom is -0.490 e. The highest BCUT2D eigenvalue weighted by molar-refractivity contribution is 6.83. The van der Waals surface area contributed by atoms with E-state index in [0.29, 0.717) is 13.2 Å². The number of hydrogen-bond donors (Lipinski definition) is 0. The third-order valence-electron chi connectivity index (χ3n) is 2.78. The second-order valence-electron chi connectivity index (χ2n) is 5.70. The van der Waals surface area contributed by atoms with E-state index in [0.717, 1.165) is 17.0 Å². The van der Waals surface area contributed by atoms with Gasteiger partial charge in [-0.15, -0.1) is 5.54 Å². The predicted octanol–water partition coefficient (Wildman–Crippen LogP) is 2.66. The SMILES string of the molecule is CC(=O)N1CCOc2ccc(C#C[Si](C)(C)C)cc21. The van der Waals surface area contributed by atoms with E-state index in [2.05, 4.69) is 31.1 Å². The molecule has 1 aromatic carbocycles. The topological polar surface area (TPSA) is 29.5 Å². The first kappa shape index (κ1) is 13.7. The molecule has 2 rings (SSSR count). The van der Waals surface area contributed by atoms with Crippen LogP contribution in [0.4, 0.5) is 5.69 Å². The van der Waals surface area contributed by atoms with E-state index >= 15 is 0 Å². The van der Waals surface area contributed by atoms with E-state index in [1.165, 1.54) is 0 Å². The summed E-state index contributed by atoms with van der Waals surface area (Å²) in [5.41, 5.74) is 5.11. The minimum absolute atomic E-state index is 0.0415. The number of fused-ring (bicyclic) bond motifs is 1. The van der Waals surface area contributed by atoms with Gasteiger partial charge in [0.2, 0.25) is 5.91 Å². The molecule has 1 aliphatic rings. The maximum atomic E-state index is 11.6. The Kier molecular flexibility index (Phi) is 3.68. The molecule has 1 aliphatic heterocycles. The predicted molar refractivity (Wildman–Crippen MR) is 80.2 cm³/mol. The van der Waals surface area contributed by atoms with Crippen LogP contribution in [-0.4, -0.2) is 27.1 Å². The van der Waals surface area contributed by atoms with E-state index < -0.39 is 8.07 Å². The summed E-state index contributed by atoms with van der Waals surface area (Å²) >= 11 is 0. The molecule has 0 saturated carbocycles. The van der Waals surface area contributed by atoms with E-state index in [1.807, 2.05) is 18.2 Å². The Bertz CT molecular complexity index is 564. The lowest BCUT2D eigenvalue weighted by Gasteiger charge is -2.28. The molecule has 0 bridgehead atoms. The second kappa shape index (κ2) is 5.10. The molecule has 1 aromatic rings. The van der Waals surface area contributed by atoms with Gasteiger partial charge >= 0.3 is 0 Å². The smallest absolute Gasteiger partial charge is 0.224 e. The largest absolute Gasteiger partial charge is 0.490 e. The van der Waals surface area contributed by atoms with Gasteiger partial charge in [-0.3, -0.25) is 4.79 Å². The van der Waals surface area contributed by atoms with Crippen LogP contribution in [0.5, 0.6) is 5.75 Å². The molecule has 0 unspecified atom stereocenters. The van der Waals surface area contributed by atoms with Crippen molar-refractivity contribution in [2.45, 2.75) is 26.6 Å². The lowest BCUT2D eigenvalue weighted by Crippen LogP contribution is -2.36. The number of carbonyl (C=O) groups is 1. The van der Waals surface area contributed by atoms with Crippen LogP contribution in [0, 0.1) is 11.5 Å². The molecule has 0 N–H and O–H groups in total. The molecule has 4 heteroatoms. The van der Waals surface area contributed by atoms with Gasteiger partial charge in [-0.05, 0) is 18.2 Å². The van der Waals surface area contributed by atoms with Crippen molar-refractivity contribution in [2.24, 2.45) is 0 Å². The molecule has 0 fully saturated rings. The van der Waals surface area contributed by atoms with Crippen molar-refractivity contribution in [3.05, 3.63) is 23.8 Å². The molecule has 3 nitrogen and oxygen atoms in total. The van der Waals surface area contributed by atoms with Crippen LogP contribution in [0.1, 0.15) is 12.5 Å². The van der Waals surface area contributed by atoms with Crippen molar-refractivity contribution in [1.29, 1.82) is 0 Å². The Morgan fingerprint density at radius 3 is 2.74 bits per heavy atom. The van der Waals surface area contributed by atoms with Crippen LogP contribution in [0.2, 0.25) is 19.6 Å². The van der Waals surface area contributed by atoms with Gasteiger partial charge in [0.1, 0.15) is 20.4 Å². The van der Waals surface area contributed by atoms with Gasteiger partial charge < -0.3 is 9.64 Å². The number of rotatable bonds is 0. The van der Waals surface area contributed by atoms with Crippen LogP contribution in [-0.2, 0) is 4.79 Å². The Morgan fingerprint density at radius 1 is 1.37 bits per heavy atom. The monoisotopic (exact) mass is 273 g/mol. The van der Waals surface area contributed by atoms with Gasteiger partial charge in [-0.1, -0.05) is 25.6 Å². The molecule has 19 heavy (non-hydrogen) atoms. The summed E-state index contributed by atoms with van der Waals surface area (Å²) in [6.07, 6.45) is 0. The summed E-state index contributed by atoms with van der Waals surface area (Å²) in [5.74, 6) is 4.02. The number of ether oxygens (including phenoxy) is 1. The van der Waals surface area contributed by atoms with E-state index in [1.54, 1.807) is 11.8 Å². The van der Waals surface area contributed by atoms with Gasteiger partial charge in [0.25, 0.3) is 0 Å². The first-order valence-corrected chi connectivity index (χ1v) is 9.95. The van der Waals surface area contributed by atoms with Gasteiger partial charge in [0, 0.05) is 12.5 Å². The normalized spacial score (nSPS) is 14.0. The average Bonchev–Trinajstić information content (AvgIpc) is 2.34. The van der Waals surface area contributed by atoms with E-state index in [4.69, 9.17) is 4.74 Å². The van der Waals surface area contributed by atoms with Crippen LogP contribution >= 0.6 is 0 Å². The fourth-order valence-electron chi connectivity index (χ4n) is 1.88. The number of benzene rings is 1. The Hall–Kier alpha value is -1.73. The number of hydrogen-bond acceptors (Lipinski definition) is 2. The molecule has 0 saturated heterocycles. The molecule has 1 amide bonds. The van der Waals surface area contributed by atoms with E-state index in [9.17, 15) is 4.79 Å². The minimum atomic E-state index is -1.39. The van der Waals surface area contributed by atoms with Crippen molar-refractivity contribution >= 4 is 19.7 Å². The molecule has 0 spiro atoms. The lowest BCUT2D eigenvalue weighted by molar-refractivity contribution is -0.116. The summed E-state index contributed by atoms with van der Waals surface area (Å²) in [4.78, 5) is 13.4. The fourth-order valence-corrected chi connectivity index (χ4v) is 2.40. The van der Waals surface area contributed by atoms with Crippen LogP contribution in [0.3, 0.4) is 0 Å². The molecule has 100 valence electrons. The zero-order valence-electron chi connectivity index (χ0n) is 11.9. The first-order chi connectivity index (χ1) is 8.87. The highest BCUT2D eigenvalue weighted by Gasteiger charge is 2.21. The molecule has 0 radical (unpaired) electrons. The summed E-state index contributed by atoms with van der Waals surface area (Å²) in [7, 11) is -1.39. The number of nitrogens with zero attached hydrogens (tertiary/aromatic N) is 1. The first-order valence-electron chi connectivity index (χ1n) is 6.45. The summed E-state index contributed by atoms with van der Waals surface area (Å²) in [6.45, 7) is 9.37. The highest BCUT2D eigenvalue weighted by atomic mass is 28.3. The van der Waals surface area contributed by atoms with Gasteiger partial charge in [0.05, 0.1) is 12.2 Å². The summed E-state index contributed by atoms with van der Waals surface area (Å²) < 4.78 is 5.57.